The average Bonchev–Trinajstić information content (AvgIpc) is 3.08. The van der Waals surface area contributed by atoms with Crippen molar-refractivity contribution in [1.82, 2.24) is 4.31 Å². The van der Waals surface area contributed by atoms with E-state index in [1.165, 1.54) is 29.8 Å². The number of sulfonamides is 1. The van der Waals surface area contributed by atoms with Gasteiger partial charge in [-0.25, -0.2) is 8.42 Å². The standard InChI is InChI=1S/C18H22N2O5S/c1-13-15(8-11-25-13)18(21)19-16-12-14(6-7-17(16)24-2)26(22,23)20-9-4-3-5-10-20/h6-8,11-12H,3-5,9-10H2,1-2H3,(H,19,21). The van der Waals surface area contributed by atoms with Gasteiger partial charge in [-0.05, 0) is 44.0 Å². The highest BCUT2D eigenvalue weighted by molar-refractivity contribution is 7.89. The lowest BCUT2D eigenvalue weighted by atomic mass is 10.2. The van der Waals surface area contributed by atoms with E-state index in [0.717, 1.165) is 19.3 Å². The molecule has 26 heavy (non-hydrogen) atoms. The minimum absolute atomic E-state index is 0.138. The summed E-state index contributed by atoms with van der Waals surface area (Å²) in [5.74, 6) is 0.484. The van der Waals surface area contributed by atoms with Gasteiger partial charge in [0.2, 0.25) is 10.0 Å². The second-order valence-corrected chi connectivity index (χ2v) is 8.11. The molecule has 7 nitrogen and oxygen atoms in total. The van der Waals surface area contributed by atoms with Gasteiger partial charge in [-0.1, -0.05) is 6.42 Å². The van der Waals surface area contributed by atoms with E-state index in [1.807, 2.05) is 0 Å². The molecule has 2 aromatic rings. The smallest absolute Gasteiger partial charge is 0.259 e. The molecule has 1 saturated heterocycles. The molecule has 0 bridgehead atoms. The fourth-order valence-corrected chi connectivity index (χ4v) is 4.55. The zero-order chi connectivity index (χ0) is 18.7. The molecule has 1 amide bonds. The van der Waals surface area contributed by atoms with Crippen LogP contribution in [-0.2, 0) is 10.0 Å². The number of hydrogen-bond donors (Lipinski definition) is 1. The van der Waals surface area contributed by atoms with Gasteiger partial charge in [0.25, 0.3) is 5.91 Å². The number of ether oxygens (including phenoxy) is 1. The summed E-state index contributed by atoms with van der Waals surface area (Å²) in [7, 11) is -2.13. The first-order valence-electron chi connectivity index (χ1n) is 8.47. The van der Waals surface area contributed by atoms with Gasteiger partial charge in [-0.3, -0.25) is 4.79 Å². The number of carbonyl (C=O) groups excluding carboxylic acids is 1. The van der Waals surface area contributed by atoms with Crippen molar-refractivity contribution < 1.29 is 22.4 Å². The Kier molecular flexibility index (Phi) is 5.33. The molecule has 1 aromatic carbocycles. The number of benzene rings is 1. The Labute approximate surface area is 153 Å². The first-order chi connectivity index (χ1) is 12.4. The van der Waals surface area contributed by atoms with Crippen LogP contribution in [0.25, 0.3) is 0 Å². The average molecular weight is 378 g/mol. The Bertz CT molecular complexity index is 898. The zero-order valence-electron chi connectivity index (χ0n) is 14.8. The van der Waals surface area contributed by atoms with Crippen molar-refractivity contribution in [2.45, 2.75) is 31.1 Å². The molecule has 1 N–H and O–H groups in total. The predicted molar refractivity (Wildman–Crippen MR) is 97.0 cm³/mol. The summed E-state index contributed by atoms with van der Waals surface area (Å²) in [6.45, 7) is 2.72. The van der Waals surface area contributed by atoms with Crippen LogP contribution in [0.1, 0.15) is 35.4 Å². The van der Waals surface area contributed by atoms with E-state index >= 15 is 0 Å². The Morgan fingerprint density at radius 3 is 2.54 bits per heavy atom. The van der Waals surface area contributed by atoms with Gasteiger partial charge < -0.3 is 14.5 Å². The quantitative estimate of drug-likeness (QED) is 0.864. The number of amides is 1. The summed E-state index contributed by atoms with van der Waals surface area (Å²) in [6.07, 6.45) is 4.19. The topological polar surface area (TPSA) is 88.9 Å². The molecule has 0 aliphatic carbocycles. The fraction of sp³-hybridized carbons (Fsp3) is 0.389. The van der Waals surface area contributed by atoms with Gasteiger partial charge in [0.15, 0.2) is 0 Å². The van der Waals surface area contributed by atoms with Crippen LogP contribution in [0.4, 0.5) is 5.69 Å². The van der Waals surface area contributed by atoms with Crippen molar-refractivity contribution in [2.75, 3.05) is 25.5 Å². The molecule has 1 fully saturated rings. The second-order valence-electron chi connectivity index (χ2n) is 6.17. The Morgan fingerprint density at radius 1 is 1.19 bits per heavy atom. The van der Waals surface area contributed by atoms with Crippen LogP contribution in [0.5, 0.6) is 5.75 Å². The molecule has 1 aromatic heterocycles. The van der Waals surface area contributed by atoms with Crippen LogP contribution in [0.2, 0.25) is 0 Å². The highest BCUT2D eigenvalue weighted by Crippen LogP contribution is 2.30. The molecule has 8 heteroatoms. The number of hydrogen-bond acceptors (Lipinski definition) is 5. The van der Waals surface area contributed by atoms with Gasteiger partial charge >= 0.3 is 0 Å². The summed E-state index contributed by atoms with van der Waals surface area (Å²) in [5, 5.41) is 2.71. The third kappa shape index (κ3) is 3.61. The van der Waals surface area contributed by atoms with E-state index < -0.39 is 10.0 Å². The van der Waals surface area contributed by atoms with E-state index in [4.69, 9.17) is 9.15 Å². The Hall–Kier alpha value is -2.32. The van der Waals surface area contributed by atoms with Crippen LogP contribution in [0.15, 0.2) is 39.8 Å². The van der Waals surface area contributed by atoms with Crippen molar-refractivity contribution >= 4 is 21.6 Å². The minimum atomic E-state index is -3.60. The van der Waals surface area contributed by atoms with Crippen LogP contribution in [-0.4, -0.2) is 38.8 Å². The maximum Gasteiger partial charge on any atom is 0.259 e. The molecular weight excluding hydrogens is 356 g/mol. The zero-order valence-corrected chi connectivity index (χ0v) is 15.6. The lowest BCUT2D eigenvalue weighted by molar-refractivity contribution is 0.102. The summed E-state index contributed by atoms with van der Waals surface area (Å²) < 4.78 is 37.6. The van der Waals surface area contributed by atoms with Gasteiger partial charge in [-0.2, -0.15) is 4.31 Å². The van der Waals surface area contributed by atoms with Crippen molar-refractivity contribution in [3.05, 3.63) is 41.9 Å². The van der Waals surface area contributed by atoms with Gasteiger partial charge in [0, 0.05) is 13.1 Å². The molecule has 3 rings (SSSR count). The summed E-state index contributed by atoms with van der Waals surface area (Å²) >= 11 is 0. The largest absolute Gasteiger partial charge is 0.495 e. The van der Waals surface area contributed by atoms with Crippen LogP contribution >= 0.6 is 0 Å². The lowest BCUT2D eigenvalue weighted by Crippen LogP contribution is -2.35. The number of anilines is 1. The number of furan rings is 1. The third-order valence-electron chi connectivity index (χ3n) is 4.48. The third-order valence-corrected chi connectivity index (χ3v) is 6.37. The lowest BCUT2D eigenvalue weighted by Gasteiger charge is -2.26. The predicted octanol–water partition coefficient (Wildman–Crippen LogP) is 3.02. The monoisotopic (exact) mass is 378 g/mol. The van der Waals surface area contributed by atoms with E-state index in [-0.39, 0.29) is 10.8 Å². The SMILES string of the molecule is COc1ccc(S(=O)(=O)N2CCCCC2)cc1NC(=O)c1ccoc1C. The molecule has 0 spiro atoms. The molecule has 2 heterocycles. The molecule has 0 unspecified atom stereocenters. The maximum absolute atomic E-state index is 12.9. The number of rotatable bonds is 5. The number of aryl methyl sites for hydroxylation is 1. The highest BCUT2D eigenvalue weighted by Gasteiger charge is 2.27. The van der Waals surface area contributed by atoms with Crippen molar-refractivity contribution in [3.8, 4) is 5.75 Å². The van der Waals surface area contributed by atoms with Crippen molar-refractivity contribution in [2.24, 2.45) is 0 Å². The first-order valence-corrected chi connectivity index (χ1v) is 9.91. The van der Waals surface area contributed by atoms with E-state index in [0.29, 0.717) is 35.9 Å². The summed E-state index contributed by atoms with van der Waals surface area (Å²) in [6, 6.07) is 6.05. The highest BCUT2D eigenvalue weighted by atomic mass is 32.2. The molecule has 0 atom stereocenters. The van der Waals surface area contributed by atoms with Crippen molar-refractivity contribution in [3.63, 3.8) is 0 Å². The number of nitrogens with one attached hydrogen (secondary N) is 1. The number of piperidine rings is 1. The summed E-state index contributed by atoms with van der Waals surface area (Å²) in [5.41, 5.74) is 0.688. The van der Waals surface area contributed by atoms with Crippen LogP contribution in [0, 0.1) is 6.92 Å². The molecule has 1 aliphatic heterocycles. The van der Waals surface area contributed by atoms with E-state index in [9.17, 15) is 13.2 Å². The Morgan fingerprint density at radius 2 is 1.92 bits per heavy atom. The van der Waals surface area contributed by atoms with Gasteiger partial charge in [-0.15, -0.1) is 0 Å². The van der Waals surface area contributed by atoms with Gasteiger partial charge in [0.05, 0.1) is 29.5 Å². The van der Waals surface area contributed by atoms with E-state index in [2.05, 4.69) is 5.32 Å². The summed E-state index contributed by atoms with van der Waals surface area (Å²) in [4.78, 5) is 12.6. The minimum Gasteiger partial charge on any atom is -0.495 e. The normalized spacial score (nSPS) is 15.6. The maximum atomic E-state index is 12.9. The van der Waals surface area contributed by atoms with E-state index in [1.54, 1.807) is 19.1 Å². The number of carbonyl (C=O) groups is 1. The molecule has 0 radical (unpaired) electrons. The number of nitrogens with zero attached hydrogens (tertiary/aromatic N) is 1. The molecule has 1 aliphatic rings. The number of methoxy groups -OCH3 is 1. The van der Waals surface area contributed by atoms with Crippen LogP contribution < -0.4 is 10.1 Å². The van der Waals surface area contributed by atoms with Crippen molar-refractivity contribution in [1.29, 1.82) is 0 Å². The van der Waals surface area contributed by atoms with Crippen LogP contribution in [0.3, 0.4) is 0 Å². The molecule has 0 saturated carbocycles. The second kappa shape index (κ2) is 7.51. The molecular formula is C18H22N2O5S. The Balaban J connectivity index is 1.91. The molecule has 140 valence electrons. The first kappa shape index (κ1) is 18.5. The van der Waals surface area contributed by atoms with Gasteiger partial charge in [0.1, 0.15) is 11.5 Å². The fourth-order valence-electron chi connectivity index (χ4n) is 3.01.